The zero-order valence-electron chi connectivity index (χ0n) is 7.36. The van der Waals surface area contributed by atoms with Crippen LogP contribution < -0.4 is 10.1 Å². The van der Waals surface area contributed by atoms with Gasteiger partial charge in [0.15, 0.2) is 0 Å². The molecule has 0 atom stereocenters. The number of hydrogen-bond donors (Lipinski definition) is 2. The van der Waals surface area contributed by atoms with Crippen LogP contribution in [0.25, 0.3) is 5.70 Å². The zero-order chi connectivity index (χ0) is 9.97. The van der Waals surface area contributed by atoms with Gasteiger partial charge in [-0.05, 0) is 18.2 Å². The minimum atomic E-state index is -1.06. The van der Waals surface area contributed by atoms with Crippen molar-refractivity contribution in [3.8, 4) is 5.75 Å². The highest BCUT2D eigenvalue weighted by Crippen LogP contribution is 2.27. The van der Waals surface area contributed by atoms with Crippen molar-refractivity contribution in [3.05, 3.63) is 35.9 Å². The van der Waals surface area contributed by atoms with Crippen LogP contribution >= 0.6 is 0 Å². The van der Waals surface area contributed by atoms with Gasteiger partial charge in [-0.1, -0.05) is 12.1 Å². The van der Waals surface area contributed by atoms with Gasteiger partial charge in [-0.3, -0.25) is 5.32 Å². The maximum Gasteiger partial charge on any atom is 0.409 e. The summed E-state index contributed by atoms with van der Waals surface area (Å²) in [6, 6.07) is 7.32. The number of ether oxygens (including phenoxy) is 1. The Morgan fingerprint density at radius 1 is 1.43 bits per heavy atom. The minimum absolute atomic E-state index is 0.395. The first-order valence-corrected chi connectivity index (χ1v) is 4.19. The molecule has 1 aliphatic rings. The smallest absolute Gasteiger partial charge is 0.409 e. The zero-order valence-corrected chi connectivity index (χ0v) is 7.36. The van der Waals surface area contributed by atoms with Gasteiger partial charge in [0.1, 0.15) is 12.4 Å². The quantitative estimate of drug-likeness (QED) is 0.710. The Morgan fingerprint density at radius 3 is 3.00 bits per heavy atom. The molecule has 0 saturated heterocycles. The van der Waals surface area contributed by atoms with E-state index in [0.29, 0.717) is 18.1 Å². The van der Waals surface area contributed by atoms with Gasteiger partial charge >= 0.3 is 6.09 Å². The van der Waals surface area contributed by atoms with Gasteiger partial charge < -0.3 is 9.84 Å². The third-order valence-corrected chi connectivity index (χ3v) is 1.95. The summed E-state index contributed by atoms with van der Waals surface area (Å²) in [4.78, 5) is 10.5. The highest BCUT2D eigenvalue weighted by molar-refractivity contribution is 5.83. The summed E-state index contributed by atoms with van der Waals surface area (Å²) < 4.78 is 5.33. The summed E-state index contributed by atoms with van der Waals surface area (Å²) in [7, 11) is 0. The van der Waals surface area contributed by atoms with Crippen LogP contribution in [0.3, 0.4) is 0 Å². The lowest BCUT2D eigenvalue weighted by Crippen LogP contribution is -2.22. The number of carboxylic acid groups (broad SMARTS) is 1. The summed E-state index contributed by atoms with van der Waals surface area (Å²) in [6.45, 7) is 0.395. The summed E-state index contributed by atoms with van der Waals surface area (Å²) >= 11 is 0. The second-order valence-corrected chi connectivity index (χ2v) is 2.86. The first-order chi connectivity index (χ1) is 6.77. The molecule has 0 fully saturated rings. The van der Waals surface area contributed by atoms with E-state index in [4.69, 9.17) is 9.84 Å². The average Bonchev–Trinajstić information content (AvgIpc) is 2.18. The van der Waals surface area contributed by atoms with Crippen LogP contribution in [0, 0.1) is 0 Å². The van der Waals surface area contributed by atoms with Crippen molar-refractivity contribution in [2.24, 2.45) is 0 Å². The molecular formula is C10H9NO3. The molecule has 4 nitrogen and oxygen atoms in total. The number of amides is 1. The molecule has 14 heavy (non-hydrogen) atoms. The van der Waals surface area contributed by atoms with E-state index in [0.717, 1.165) is 5.56 Å². The SMILES string of the molecule is O=C(O)NC1=CCOc2ccccc21. The molecule has 2 N–H and O–H groups in total. The second kappa shape index (κ2) is 3.41. The highest BCUT2D eigenvalue weighted by atomic mass is 16.5. The molecule has 0 saturated carbocycles. The molecule has 0 radical (unpaired) electrons. The summed E-state index contributed by atoms with van der Waals surface area (Å²) in [5.74, 6) is 0.707. The van der Waals surface area contributed by atoms with Crippen LogP contribution in [-0.4, -0.2) is 17.8 Å². The Balaban J connectivity index is 2.35. The number of carbonyl (C=O) groups is 1. The summed E-state index contributed by atoms with van der Waals surface area (Å²) in [5.41, 5.74) is 1.36. The van der Waals surface area contributed by atoms with Crippen LogP contribution in [0.5, 0.6) is 5.75 Å². The number of benzene rings is 1. The molecular weight excluding hydrogens is 182 g/mol. The van der Waals surface area contributed by atoms with Crippen LogP contribution in [-0.2, 0) is 0 Å². The van der Waals surface area contributed by atoms with E-state index in [-0.39, 0.29) is 0 Å². The number of fused-ring (bicyclic) bond motifs is 1. The molecule has 0 aromatic heterocycles. The van der Waals surface area contributed by atoms with E-state index in [1.54, 1.807) is 6.08 Å². The van der Waals surface area contributed by atoms with Crippen molar-refractivity contribution in [3.63, 3.8) is 0 Å². The maximum absolute atomic E-state index is 10.5. The standard InChI is InChI=1S/C10H9NO3/c12-10(13)11-8-5-6-14-9-4-2-1-3-7(8)9/h1-5,11H,6H2,(H,12,13). The van der Waals surface area contributed by atoms with Crippen molar-refractivity contribution >= 4 is 11.8 Å². The van der Waals surface area contributed by atoms with E-state index in [1.165, 1.54) is 0 Å². The average molecular weight is 191 g/mol. The summed E-state index contributed by atoms with van der Waals surface area (Å²) in [6.07, 6.45) is 0.643. The van der Waals surface area contributed by atoms with Crippen molar-refractivity contribution < 1.29 is 14.6 Å². The van der Waals surface area contributed by atoms with Gasteiger partial charge in [0, 0.05) is 5.56 Å². The highest BCUT2D eigenvalue weighted by Gasteiger charge is 2.13. The number of hydrogen-bond acceptors (Lipinski definition) is 2. The monoisotopic (exact) mass is 191 g/mol. The normalized spacial score (nSPS) is 13.6. The Labute approximate surface area is 80.8 Å². The van der Waals surface area contributed by atoms with Gasteiger partial charge in [0.05, 0.1) is 5.70 Å². The van der Waals surface area contributed by atoms with Crippen molar-refractivity contribution in [1.82, 2.24) is 5.32 Å². The fourth-order valence-electron chi connectivity index (χ4n) is 1.37. The van der Waals surface area contributed by atoms with E-state index >= 15 is 0 Å². The fraction of sp³-hybridized carbons (Fsp3) is 0.100. The molecule has 1 aromatic rings. The van der Waals surface area contributed by atoms with E-state index < -0.39 is 6.09 Å². The fourth-order valence-corrected chi connectivity index (χ4v) is 1.37. The van der Waals surface area contributed by atoms with Crippen LogP contribution in [0.15, 0.2) is 30.3 Å². The van der Waals surface area contributed by atoms with Gasteiger partial charge in [0.25, 0.3) is 0 Å². The van der Waals surface area contributed by atoms with E-state index in [1.807, 2.05) is 24.3 Å². The van der Waals surface area contributed by atoms with Crippen molar-refractivity contribution in [2.75, 3.05) is 6.61 Å². The van der Waals surface area contributed by atoms with E-state index in [2.05, 4.69) is 5.32 Å². The molecule has 0 spiro atoms. The molecule has 0 aliphatic carbocycles. The molecule has 1 aromatic carbocycles. The molecule has 72 valence electrons. The first kappa shape index (κ1) is 8.62. The van der Waals surface area contributed by atoms with Crippen LogP contribution in [0.4, 0.5) is 4.79 Å². The first-order valence-electron chi connectivity index (χ1n) is 4.19. The topological polar surface area (TPSA) is 58.6 Å². The van der Waals surface area contributed by atoms with Crippen LogP contribution in [0.1, 0.15) is 5.56 Å². The number of para-hydroxylation sites is 1. The lowest BCUT2D eigenvalue weighted by atomic mass is 10.1. The Bertz CT molecular complexity index is 398. The Kier molecular flexibility index (Phi) is 2.10. The molecule has 1 heterocycles. The molecule has 2 rings (SSSR count). The molecule has 1 aliphatic heterocycles. The van der Waals surface area contributed by atoms with Gasteiger partial charge in [-0.15, -0.1) is 0 Å². The maximum atomic E-state index is 10.5. The third kappa shape index (κ3) is 1.54. The summed E-state index contributed by atoms with van der Waals surface area (Å²) in [5, 5.41) is 10.9. The van der Waals surface area contributed by atoms with Crippen molar-refractivity contribution in [1.29, 1.82) is 0 Å². The second-order valence-electron chi connectivity index (χ2n) is 2.86. The van der Waals surface area contributed by atoms with E-state index in [9.17, 15) is 4.79 Å². The molecule has 0 bridgehead atoms. The largest absolute Gasteiger partial charge is 0.489 e. The number of rotatable bonds is 1. The molecule has 1 amide bonds. The number of nitrogens with one attached hydrogen (secondary N) is 1. The molecule has 4 heteroatoms. The predicted molar refractivity (Wildman–Crippen MR) is 51.1 cm³/mol. The van der Waals surface area contributed by atoms with Crippen molar-refractivity contribution in [2.45, 2.75) is 0 Å². The van der Waals surface area contributed by atoms with Gasteiger partial charge in [0.2, 0.25) is 0 Å². The van der Waals surface area contributed by atoms with Gasteiger partial charge in [-0.25, -0.2) is 4.79 Å². The minimum Gasteiger partial charge on any atom is -0.489 e. The Hall–Kier alpha value is -1.97. The predicted octanol–water partition coefficient (Wildman–Crippen LogP) is 1.69. The Morgan fingerprint density at radius 2 is 2.21 bits per heavy atom. The molecule has 0 unspecified atom stereocenters. The third-order valence-electron chi connectivity index (χ3n) is 1.95. The van der Waals surface area contributed by atoms with Gasteiger partial charge in [-0.2, -0.15) is 0 Å². The van der Waals surface area contributed by atoms with Crippen LogP contribution in [0.2, 0.25) is 0 Å². The lowest BCUT2D eigenvalue weighted by Gasteiger charge is -2.17. The lowest BCUT2D eigenvalue weighted by molar-refractivity contribution is 0.199.